The third-order valence-electron chi connectivity index (χ3n) is 4.69. The van der Waals surface area contributed by atoms with Gasteiger partial charge >= 0.3 is 0 Å². The van der Waals surface area contributed by atoms with Crippen LogP contribution in [0.1, 0.15) is 22.7 Å². The number of aliphatic hydroxyl groups is 2. The second kappa shape index (κ2) is 8.82. The quantitative estimate of drug-likeness (QED) is 0.333. The van der Waals surface area contributed by atoms with Crippen molar-refractivity contribution in [3.05, 3.63) is 76.9 Å². The summed E-state index contributed by atoms with van der Waals surface area (Å²) in [4.78, 5) is 26.9. The molecule has 28 heavy (non-hydrogen) atoms. The number of carbonyl (C=O) groups excluding carboxylic acids is 2. The van der Waals surface area contributed by atoms with Crippen molar-refractivity contribution >= 4 is 17.4 Å². The van der Waals surface area contributed by atoms with E-state index in [4.69, 9.17) is 9.84 Å². The molecule has 0 spiro atoms. The van der Waals surface area contributed by atoms with Gasteiger partial charge in [-0.1, -0.05) is 60.2 Å². The average molecular weight is 381 g/mol. The van der Waals surface area contributed by atoms with Gasteiger partial charge in [0.1, 0.15) is 5.76 Å². The molecule has 2 aromatic carbocycles. The van der Waals surface area contributed by atoms with Crippen molar-refractivity contribution in [1.82, 2.24) is 4.90 Å². The molecule has 6 nitrogen and oxygen atoms in total. The van der Waals surface area contributed by atoms with Crippen molar-refractivity contribution in [2.45, 2.75) is 13.0 Å². The summed E-state index contributed by atoms with van der Waals surface area (Å²) in [6.45, 7) is 2.35. The maximum absolute atomic E-state index is 12.8. The second-order valence-electron chi connectivity index (χ2n) is 6.61. The van der Waals surface area contributed by atoms with E-state index in [1.807, 2.05) is 37.3 Å². The number of ketones is 1. The fourth-order valence-corrected chi connectivity index (χ4v) is 3.29. The molecule has 146 valence electrons. The van der Waals surface area contributed by atoms with E-state index in [0.717, 1.165) is 11.1 Å². The van der Waals surface area contributed by atoms with Gasteiger partial charge in [-0.15, -0.1) is 0 Å². The monoisotopic (exact) mass is 381 g/mol. The number of Topliss-reactive ketones (excluding diaryl/α,β-unsaturated/α-hetero) is 1. The molecule has 0 radical (unpaired) electrons. The van der Waals surface area contributed by atoms with Crippen molar-refractivity contribution in [2.75, 3.05) is 26.4 Å². The first-order chi connectivity index (χ1) is 13.5. The molecule has 0 saturated carbocycles. The zero-order chi connectivity index (χ0) is 20.1. The molecule has 2 N–H and O–H groups in total. The molecule has 1 saturated heterocycles. The number of ether oxygens (including phenoxy) is 1. The van der Waals surface area contributed by atoms with Crippen LogP contribution in [0.25, 0.3) is 5.76 Å². The molecular weight excluding hydrogens is 358 g/mol. The zero-order valence-electron chi connectivity index (χ0n) is 15.7. The van der Waals surface area contributed by atoms with Crippen LogP contribution < -0.4 is 0 Å². The Balaban J connectivity index is 2.04. The number of hydrogen-bond donors (Lipinski definition) is 2. The molecular formula is C22H23NO5. The van der Waals surface area contributed by atoms with Crippen LogP contribution in [0.3, 0.4) is 0 Å². The molecule has 1 aliphatic heterocycles. The molecule has 0 bridgehead atoms. The van der Waals surface area contributed by atoms with Crippen molar-refractivity contribution in [2.24, 2.45) is 0 Å². The number of aliphatic hydroxyl groups excluding tert-OH is 2. The maximum Gasteiger partial charge on any atom is 0.295 e. The van der Waals surface area contributed by atoms with Gasteiger partial charge in [-0.2, -0.15) is 0 Å². The van der Waals surface area contributed by atoms with Gasteiger partial charge in [-0.05, 0) is 12.5 Å². The summed E-state index contributed by atoms with van der Waals surface area (Å²) >= 11 is 0. The second-order valence-corrected chi connectivity index (χ2v) is 6.61. The van der Waals surface area contributed by atoms with E-state index < -0.39 is 17.7 Å². The molecule has 1 amide bonds. The van der Waals surface area contributed by atoms with Gasteiger partial charge in [-0.25, -0.2) is 0 Å². The topological polar surface area (TPSA) is 87.1 Å². The first kappa shape index (κ1) is 19.8. The molecule has 0 aromatic heterocycles. The van der Waals surface area contributed by atoms with Gasteiger partial charge in [0.25, 0.3) is 11.7 Å². The van der Waals surface area contributed by atoms with Crippen LogP contribution in [-0.4, -0.2) is 53.2 Å². The van der Waals surface area contributed by atoms with Gasteiger partial charge in [-0.3, -0.25) is 9.59 Å². The highest BCUT2D eigenvalue weighted by Gasteiger charge is 2.45. The Morgan fingerprint density at radius 1 is 1.04 bits per heavy atom. The van der Waals surface area contributed by atoms with E-state index in [0.29, 0.717) is 5.56 Å². The molecule has 6 heteroatoms. The molecule has 1 atom stereocenters. The fraction of sp³-hybridized carbons (Fsp3) is 0.273. The van der Waals surface area contributed by atoms with Crippen LogP contribution in [-0.2, 0) is 14.3 Å². The molecule has 1 unspecified atom stereocenters. The number of likely N-dealkylation sites (tertiary alicyclic amines) is 1. The SMILES string of the molecule is Cc1ccc(C2C(=C(O)c3ccccc3)C(=O)C(=O)N2CCOCCO)cc1. The Labute approximate surface area is 163 Å². The number of aryl methyl sites for hydroxylation is 1. The molecule has 1 aliphatic rings. The average Bonchev–Trinajstić information content (AvgIpc) is 2.97. The van der Waals surface area contributed by atoms with Crippen LogP contribution in [0, 0.1) is 6.92 Å². The number of carbonyl (C=O) groups is 2. The summed E-state index contributed by atoms with van der Waals surface area (Å²) in [6, 6.07) is 15.5. The van der Waals surface area contributed by atoms with Crippen LogP contribution in [0.15, 0.2) is 60.2 Å². The molecule has 3 rings (SSSR count). The summed E-state index contributed by atoms with van der Waals surface area (Å²) < 4.78 is 5.28. The third-order valence-corrected chi connectivity index (χ3v) is 4.69. The lowest BCUT2D eigenvalue weighted by Gasteiger charge is -2.25. The Morgan fingerprint density at radius 2 is 1.71 bits per heavy atom. The standard InChI is InChI=1S/C22H23NO5/c1-15-7-9-16(10-8-15)19-18(20(25)17-5-3-2-4-6-17)21(26)22(27)23(19)11-13-28-14-12-24/h2-10,19,24-25H,11-14H2,1H3. The number of benzene rings is 2. The summed E-state index contributed by atoms with van der Waals surface area (Å²) in [5.41, 5.74) is 2.34. The zero-order valence-corrected chi connectivity index (χ0v) is 15.7. The van der Waals surface area contributed by atoms with E-state index in [1.165, 1.54) is 4.90 Å². The minimum atomic E-state index is -0.714. The first-order valence-corrected chi connectivity index (χ1v) is 9.13. The third kappa shape index (κ3) is 3.98. The summed E-state index contributed by atoms with van der Waals surface area (Å²) in [7, 11) is 0. The minimum absolute atomic E-state index is 0.0715. The van der Waals surface area contributed by atoms with Crippen LogP contribution in [0.4, 0.5) is 0 Å². The van der Waals surface area contributed by atoms with Crippen molar-refractivity contribution < 1.29 is 24.5 Å². The minimum Gasteiger partial charge on any atom is -0.507 e. The van der Waals surface area contributed by atoms with Gasteiger partial charge in [0.2, 0.25) is 0 Å². The van der Waals surface area contributed by atoms with Crippen LogP contribution in [0.5, 0.6) is 0 Å². The fourth-order valence-electron chi connectivity index (χ4n) is 3.29. The highest BCUT2D eigenvalue weighted by Crippen LogP contribution is 2.39. The summed E-state index contributed by atoms with van der Waals surface area (Å²) in [5, 5.41) is 19.7. The van der Waals surface area contributed by atoms with Gasteiger partial charge in [0, 0.05) is 12.1 Å². The van der Waals surface area contributed by atoms with E-state index in [9.17, 15) is 14.7 Å². The van der Waals surface area contributed by atoms with Crippen molar-refractivity contribution in [3.63, 3.8) is 0 Å². The van der Waals surface area contributed by atoms with E-state index in [-0.39, 0.29) is 37.7 Å². The number of hydrogen-bond acceptors (Lipinski definition) is 5. The Morgan fingerprint density at radius 3 is 2.36 bits per heavy atom. The maximum atomic E-state index is 12.8. The lowest BCUT2D eigenvalue weighted by atomic mass is 9.95. The summed E-state index contributed by atoms with van der Waals surface area (Å²) in [6.07, 6.45) is 0. The largest absolute Gasteiger partial charge is 0.507 e. The smallest absolute Gasteiger partial charge is 0.295 e. The van der Waals surface area contributed by atoms with Crippen LogP contribution in [0.2, 0.25) is 0 Å². The molecule has 0 aliphatic carbocycles. The lowest BCUT2D eigenvalue weighted by Crippen LogP contribution is -2.33. The highest BCUT2D eigenvalue weighted by atomic mass is 16.5. The Bertz CT molecular complexity index is 874. The van der Waals surface area contributed by atoms with Gasteiger partial charge in [0.05, 0.1) is 31.4 Å². The van der Waals surface area contributed by atoms with Crippen LogP contribution >= 0.6 is 0 Å². The van der Waals surface area contributed by atoms with Gasteiger partial charge < -0.3 is 19.8 Å². The highest BCUT2D eigenvalue weighted by molar-refractivity contribution is 6.46. The Hall–Kier alpha value is -2.96. The predicted molar refractivity (Wildman–Crippen MR) is 105 cm³/mol. The van der Waals surface area contributed by atoms with Gasteiger partial charge in [0.15, 0.2) is 0 Å². The van der Waals surface area contributed by atoms with Crippen molar-refractivity contribution in [3.8, 4) is 0 Å². The number of amides is 1. The predicted octanol–water partition coefficient (Wildman–Crippen LogP) is 2.43. The number of nitrogens with zero attached hydrogens (tertiary/aromatic N) is 1. The van der Waals surface area contributed by atoms with E-state index >= 15 is 0 Å². The normalized spacial score (nSPS) is 18.6. The Kier molecular flexibility index (Phi) is 6.23. The number of rotatable bonds is 7. The molecule has 2 aromatic rings. The lowest BCUT2D eigenvalue weighted by molar-refractivity contribution is -0.140. The van der Waals surface area contributed by atoms with E-state index in [2.05, 4.69) is 0 Å². The molecule has 1 fully saturated rings. The molecule has 1 heterocycles. The van der Waals surface area contributed by atoms with Crippen molar-refractivity contribution in [1.29, 1.82) is 0 Å². The summed E-state index contributed by atoms with van der Waals surface area (Å²) in [5.74, 6) is -1.58. The van der Waals surface area contributed by atoms with E-state index in [1.54, 1.807) is 24.3 Å². The first-order valence-electron chi connectivity index (χ1n) is 9.13.